The Balaban J connectivity index is 1.31. The number of unbranched alkanes of at least 4 members (excludes halogenated alkanes) is 2. The van der Waals surface area contributed by atoms with Gasteiger partial charge in [0.25, 0.3) is 5.91 Å². The summed E-state index contributed by atoms with van der Waals surface area (Å²) in [6, 6.07) is 30.0. The zero-order valence-corrected chi connectivity index (χ0v) is 26.3. The molecule has 0 radical (unpaired) electrons. The van der Waals surface area contributed by atoms with E-state index in [0.29, 0.717) is 12.0 Å². The number of aromatic nitrogens is 1. The monoisotopic (exact) mass is 609 g/mol. The summed E-state index contributed by atoms with van der Waals surface area (Å²) in [4.78, 5) is 18.6. The van der Waals surface area contributed by atoms with E-state index in [1.165, 1.54) is 6.42 Å². The number of sulfonamides is 1. The van der Waals surface area contributed by atoms with Crippen LogP contribution in [0.3, 0.4) is 0 Å². The van der Waals surface area contributed by atoms with E-state index >= 15 is 0 Å². The lowest BCUT2D eigenvalue weighted by molar-refractivity contribution is 0.0993. The van der Waals surface area contributed by atoms with Gasteiger partial charge in [-0.05, 0) is 90.6 Å². The summed E-state index contributed by atoms with van der Waals surface area (Å²) in [5.41, 5.74) is 6.30. The highest BCUT2D eigenvalue weighted by atomic mass is 32.2. The van der Waals surface area contributed by atoms with Gasteiger partial charge in [-0.2, -0.15) is 0 Å². The predicted octanol–water partition coefficient (Wildman–Crippen LogP) is 7.37. The molecule has 228 valence electrons. The van der Waals surface area contributed by atoms with Gasteiger partial charge >= 0.3 is 0 Å². The van der Waals surface area contributed by atoms with Crippen LogP contribution in [-0.2, 0) is 22.9 Å². The second kappa shape index (κ2) is 13.9. The number of para-hydroxylation sites is 1. The summed E-state index contributed by atoms with van der Waals surface area (Å²) in [7, 11) is -0.291. The first kappa shape index (κ1) is 31.0. The van der Waals surface area contributed by atoms with Crippen molar-refractivity contribution in [1.82, 2.24) is 9.71 Å². The van der Waals surface area contributed by atoms with Crippen molar-refractivity contribution in [2.75, 3.05) is 25.6 Å². The molecule has 0 saturated carbocycles. The Hall–Kier alpha value is -4.40. The molecular weight excluding hydrogens is 570 g/mol. The zero-order chi connectivity index (χ0) is 31.1. The maximum absolute atomic E-state index is 13.2. The summed E-state index contributed by atoms with van der Waals surface area (Å²) < 4.78 is 34.2. The number of ether oxygens (including phenoxy) is 1. The lowest BCUT2D eigenvalue weighted by Gasteiger charge is -2.18. The third-order valence-electron chi connectivity index (χ3n) is 7.97. The van der Waals surface area contributed by atoms with Crippen molar-refractivity contribution in [2.24, 2.45) is 0 Å². The van der Waals surface area contributed by atoms with Crippen molar-refractivity contribution < 1.29 is 17.9 Å². The fourth-order valence-electron chi connectivity index (χ4n) is 5.41. The second-order valence-corrected chi connectivity index (χ2v) is 12.7. The van der Waals surface area contributed by atoms with Gasteiger partial charge in [0.05, 0.1) is 12.0 Å². The number of hydrogen-bond donors (Lipinski definition) is 2. The molecule has 0 fully saturated rings. The van der Waals surface area contributed by atoms with Gasteiger partial charge in [-0.25, -0.2) is 13.1 Å². The third-order valence-corrected chi connectivity index (χ3v) is 9.45. The maximum Gasteiger partial charge on any atom is 0.258 e. The normalized spacial score (nSPS) is 11.5. The van der Waals surface area contributed by atoms with E-state index in [9.17, 15) is 13.2 Å². The molecule has 4 aromatic carbocycles. The summed E-state index contributed by atoms with van der Waals surface area (Å²) in [5, 5.41) is 1.04. The fraction of sp³-hybridized carbons (Fsp3) is 0.250. The molecule has 0 atom stereocenters. The Morgan fingerprint density at radius 3 is 2.25 bits per heavy atom. The number of aryl methyl sites for hydroxylation is 1. The molecule has 44 heavy (non-hydrogen) atoms. The van der Waals surface area contributed by atoms with E-state index in [4.69, 9.17) is 4.74 Å². The molecule has 5 aromatic rings. The number of hydrogen-bond acceptors (Lipinski definition) is 4. The van der Waals surface area contributed by atoms with Crippen molar-refractivity contribution in [2.45, 2.75) is 43.9 Å². The van der Waals surface area contributed by atoms with Crippen molar-refractivity contribution in [3.63, 3.8) is 0 Å². The van der Waals surface area contributed by atoms with E-state index in [0.717, 1.165) is 64.0 Å². The van der Waals surface area contributed by atoms with Crippen molar-refractivity contribution >= 4 is 32.5 Å². The van der Waals surface area contributed by atoms with Crippen LogP contribution in [0.5, 0.6) is 5.75 Å². The first-order valence-electron chi connectivity index (χ1n) is 15.0. The Morgan fingerprint density at radius 2 is 1.57 bits per heavy atom. The van der Waals surface area contributed by atoms with Gasteiger partial charge in [0.2, 0.25) is 10.0 Å². The quantitative estimate of drug-likeness (QED) is 0.136. The summed E-state index contributed by atoms with van der Waals surface area (Å²) in [6.45, 7) is 2.42. The molecule has 0 unspecified atom stereocenters. The summed E-state index contributed by atoms with van der Waals surface area (Å²) in [5.74, 6) is 0.606. The standard InChI is InChI=1S/C36H39N3O4S/c1-4-5-6-9-26-12-22-31(23-13-26)44(41,42)37-25-24-33-32-10-7-8-11-34(32)38-35(33)27-14-16-28(17-15-27)36(40)39(2)29-18-20-30(43-3)21-19-29/h7-8,10-23,37-38H,4-6,9,24-25H2,1-3H3. The molecule has 8 heteroatoms. The number of nitrogens with one attached hydrogen (secondary N) is 2. The van der Waals surface area contributed by atoms with Gasteiger partial charge in [-0.3, -0.25) is 4.79 Å². The molecule has 0 aliphatic heterocycles. The molecule has 1 heterocycles. The third kappa shape index (κ3) is 7.04. The Morgan fingerprint density at radius 1 is 0.864 bits per heavy atom. The lowest BCUT2D eigenvalue weighted by Crippen LogP contribution is -2.26. The number of nitrogens with zero attached hydrogens (tertiary/aromatic N) is 1. The molecule has 2 N–H and O–H groups in total. The van der Waals surface area contributed by atoms with Crippen LogP contribution < -0.4 is 14.4 Å². The number of carbonyl (C=O) groups excluding carboxylic acids is 1. The van der Waals surface area contributed by atoms with Crippen molar-refractivity contribution in [1.29, 1.82) is 0 Å². The average molecular weight is 610 g/mol. The highest BCUT2D eigenvalue weighted by Gasteiger charge is 2.18. The first-order valence-corrected chi connectivity index (χ1v) is 16.5. The molecule has 0 saturated heterocycles. The number of carbonyl (C=O) groups is 1. The Bertz CT molecular complexity index is 1810. The molecule has 1 aromatic heterocycles. The number of benzene rings is 4. The number of H-pyrrole nitrogens is 1. The Kier molecular flexibility index (Phi) is 9.82. The van der Waals surface area contributed by atoms with Crippen LogP contribution in [0.2, 0.25) is 0 Å². The highest BCUT2D eigenvalue weighted by molar-refractivity contribution is 7.89. The van der Waals surface area contributed by atoms with Gasteiger partial charge in [0.15, 0.2) is 0 Å². The molecule has 0 spiro atoms. The van der Waals surface area contributed by atoms with E-state index in [2.05, 4.69) is 16.6 Å². The van der Waals surface area contributed by atoms with E-state index in [1.54, 1.807) is 31.2 Å². The van der Waals surface area contributed by atoms with E-state index < -0.39 is 10.0 Å². The summed E-state index contributed by atoms with van der Waals surface area (Å²) in [6.07, 6.45) is 4.88. The van der Waals surface area contributed by atoms with Crippen LogP contribution in [-0.4, -0.2) is 40.0 Å². The largest absolute Gasteiger partial charge is 0.497 e. The molecule has 0 aliphatic rings. The smallest absolute Gasteiger partial charge is 0.258 e. The number of amides is 1. The average Bonchev–Trinajstić information content (AvgIpc) is 3.43. The van der Waals surface area contributed by atoms with Crippen LogP contribution in [0.1, 0.15) is 47.7 Å². The molecular formula is C36H39N3O4S. The fourth-order valence-corrected chi connectivity index (χ4v) is 6.44. The van der Waals surface area contributed by atoms with Gasteiger partial charge in [0.1, 0.15) is 5.75 Å². The number of methoxy groups -OCH3 is 1. The van der Waals surface area contributed by atoms with E-state index in [-0.39, 0.29) is 17.3 Å². The molecule has 7 nitrogen and oxygen atoms in total. The van der Waals surface area contributed by atoms with Gasteiger partial charge < -0.3 is 14.6 Å². The number of anilines is 1. The van der Waals surface area contributed by atoms with Crippen molar-refractivity contribution in [3.05, 3.63) is 114 Å². The molecule has 0 bridgehead atoms. The molecule has 5 rings (SSSR count). The minimum Gasteiger partial charge on any atom is -0.497 e. The maximum atomic E-state index is 13.2. The van der Waals surface area contributed by atoms with Gasteiger partial charge in [-0.1, -0.05) is 62.2 Å². The van der Waals surface area contributed by atoms with Crippen LogP contribution in [0.25, 0.3) is 22.2 Å². The SMILES string of the molecule is CCCCCc1ccc(S(=O)(=O)NCCc2c(-c3ccc(C(=O)N(C)c4ccc(OC)cc4)cc3)[nH]c3ccccc23)cc1. The van der Waals surface area contributed by atoms with Crippen LogP contribution in [0, 0.1) is 0 Å². The lowest BCUT2D eigenvalue weighted by atomic mass is 10.0. The topological polar surface area (TPSA) is 91.5 Å². The highest BCUT2D eigenvalue weighted by Crippen LogP contribution is 2.31. The number of aromatic amines is 1. The molecule has 1 amide bonds. The number of fused-ring (bicyclic) bond motifs is 1. The Labute approximate surface area is 259 Å². The minimum absolute atomic E-state index is 0.123. The minimum atomic E-state index is -3.65. The first-order chi connectivity index (χ1) is 21.3. The van der Waals surface area contributed by atoms with Gasteiger partial charge in [0, 0.05) is 41.4 Å². The number of rotatable bonds is 13. The van der Waals surface area contributed by atoms with Crippen LogP contribution in [0.4, 0.5) is 5.69 Å². The van der Waals surface area contributed by atoms with Crippen LogP contribution in [0.15, 0.2) is 102 Å². The van der Waals surface area contributed by atoms with E-state index in [1.807, 2.05) is 84.9 Å². The van der Waals surface area contributed by atoms with Gasteiger partial charge in [-0.15, -0.1) is 0 Å². The second-order valence-electron chi connectivity index (χ2n) is 10.9. The predicted molar refractivity (Wildman–Crippen MR) is 178 cm³/mol. The zero-order valence-electron chi connectivity index (χ0n) is 25.5. The summed E-state index contributed by atoms with van der Waals surface area (Å²) >= 11 is 0. The van der Waals surface area contributed by atoms with Crippen LogP contribution >= 0.6 is 0 Å². The molecule has 0 aliphatic carbocycles. The van der Waals surface area contributed by atoms with Crippen molar-refractivity contribution in [3.8, 4) is 17.0 Å².